The Morgan fingerprint density at radius 2 is 1.81 bits per heavy atom. The number of pyridine rings is 1. The number of halogens is 4. The number of primary amides is 1. The summed E-state index contributed by atoms with van der Waals surface area (Å²) in [5.41, 5.74) is 3.62. The predicted octanol–water partition coefficient (Wildman–Crippen LogP) is 3.93. The van der Waals surface area contributed by atoms with E-state index >= 15 is 0 Å². The summed E-state index contributed by atoms with van der Waals surface area (Å²) in [4.78, 5) is 14.3. The highest BCUT2D eigenvalue weighted by atomic mass is 32.2. The second kappa shape index (κ2) is 8.22. The molecule has 1 aromatic heterocycles. The van der Waals surface area contributed by atoms with Gasteiger partial charge in [-0.15, -0.1) is 0 Å². The topological polar surface area (TPSA) is 111 Å². The molecule has 162 valence electrons. The van der Waals surface area contributed by atoms with Crippen molar-refractivity contribution in [3.05, 3.63) is 77.7 Å². The van der Waals surface area contributed by atoms with Gasteiger partial charge in [0.15, 0.2) is 0 Å². The van der Waals surface area contributed by atoms with Crippen LogP contribution in [0.25, 0.3) is 0 Å². The summed E-state index contributed by atoms with van der Waals surface area (Å²) in [6.45, 7) is 0. The predicted molar refractivity (Wildman–Crippen MR) is 101 cm³/mol. The fourth-order valence-electron chi connectivity index (χ4n) is 2.44. The minimum Gasteiger partial charge on any atom is -0.439 e. The first-order chi connectivity index (χ1) is 14.5. The molecule has 0 spiro atoms. The Bertz CT molecular complexity index is 1230. The first-order valence-corrected chi connectivity index (χ1v) is 9.87. The van der Waals surface area contributed by atoms with Crippen LogP contribution < -0.4 is 15.2 Å². The molecule has 0 saturated carbocycles. The van der Waals surface area contributed by atoms with Gasteiger partial charge in [-0.2, -0.15) is 13.2 Å². The fourth-order valence-corrected chi connectivity index (χ4v) is 3.51. The Labute approximate surface area is 173 Å². The average Bonchev–Trinajstić information content (AvgIpc) is 2.69. The number of hydrogen-bond donors (Lipinski definition) is 2. The van der Waals surface area contributed by atoms with E-state index in [1.807, 2.05) is 0 Å². The zero-order valence-electron chi connectivity index (χ0n) is 15.4. The minimum absolute atomic E-state index is 0.0470. The Balaban J connectivity index is 1.78. The van der Waals surface area contributed by atoms with Crippen LogP contribution >= 0.6 is 0 Å². The number of carbonyl (C=O) groups excluding carboxylic acids is 1. The summed E-state index contributed by atoms with van der Waals surface area (Å²) in [5.74, 6) is -1.94. The van der Waals surface area contributed by atoms with E-state index in [1.54, 1.807) is 0 Å². The van der Waals surface area contributed by atoms with Gasteiger partial charge in [0, 0.05) is 11.6 Å². The van der Waals surface area contributed by atoms with Crippen LogP contribution in [0, 0.1) is 5.82 Å². The fraction of sp³-hybridized carbons (Fsp3) is 0.0526. The maximum Gasteiger partial charge on any atom is 0.419 e. The maximum atomic E-state index is 13.4. The quantitative estimate of drug-likeness (QED) is 0.547. The Hall–Kier alpha value is -3.67. The molecule has 0 bridgehead atoms. The van der Waals surface area contributed by atoms with E-state index in [1.165, 1.54) is 36.4 Å². The summed E-state index contributed by atoms with van der Waals surface area (Å²) >= 11 is 0. The van der Waals surface area contributed by atoms with Crippen LogP contribution in [0.15, 0.2) is 65.7 Å². The molecular formula is C19H13F4N3O4S. The normalized spacial score (nSPS) is 11.7. The number of ether oxygens (including phenoxy) is 1. The van der Waals surface area contributed by atoms with Gasteiger partial charge in [-0.1, -0.05) is 6.07 Å². The number of anilines is 1. The van der Waals surface area contributed by atoms with Gasteiger partial charge in [0.1, 0.15) is 11.6 Å². The number of hydrogen-bond acceptors (Lipinski definition) is 5. The SMILES string of the molecule is NC(=O)c1cccc(Oc2ccc(NS(=O)(=O)c3ccc(F)c(C(F)(F)F)c3)cn2)c1. The van der Waals surface area contributed by atoms with Crippen molar-refractivity contribution in [1.82, 2.24) is 4.98 Å². The smallest absolute Gasteiger partial charge is 0.419 e. The third-order valence-corrected chi connectivity index (χ3v) is 5.26. The first-order valence-electron chi connectivity index (χ1n) is 8.39. The zero-order chi connectivity index (χ0) is 22.8. The molecule has 0 radical (unpaired) electrons. The molecular weight excluding hydrogens is 442 g/mol. The van der Waals surface area contributed by atoms with Gasteiger partial charge in [0.2, 0.25) is 11.8 Å². The highest BCUT2D eigenvalue weighted by Gasteiger charge is 2.35. The zero-order valence-corrected chi connectivity index (χ0v) is 16.2. The van der Waals surface area contributed by atoms with E-state index in [-0.39, 0.29) is 28.9 Å². The molecule has 0 atom stereocenters. The summed E-state index contributed by atoms with van der Waals surface area (Å²) < 4.78 is 84.1. The molecule has 31 heavy (non-hydrogen) atoms. The standard InChI is InChI=1S/C19H13F4N3O4S/c20-16-6-5-14(9-15(16)19(21,22)23)31(28,29)26-12-4-7-17(25-10-12)30-13-3-1-2-11(8-13)18(24)27/h1-10,26H,(H2,24,27). The minimum atomic E-state index is -5.05. The van der Waals surface area contributed by atoms with Gasteiger partial charge >= 0.3 is 6.18 Å². The van der Waals surface area contributed by atoms with Gasteiger partial charge in [0.25, 0.3) is 10.0 Å². The molecule has 2 aromatic carbocycles. The monoisotopic (exact) mass is 455 g/mol. The lowest BCUT2D eigenvalue weighted by atomic mass is 10.2. The lowest BCUT2D eigenvalue weighted by molar-refractivity contribution is -0.140. The molecule has 1 amide bonds. The van der Waals surface area contributed by atoms with Gasteiger partial charge in [-0.25, -0.2) is 17.8 Å². The largest absolute Gasteiger partial charge is 0.439 e. The number of nitrogens with two attached hydrogens (primary N) is 1. The third kappa shape index (κ3) is 5.28. The van der Waals surface area contributed by atoms with Gasteiger partial charge in [0.05, 0.1) is 22.3 Å². The molecule has 3 rings (SSSR count). The highest BCUT2D eigenvalue weighted by molar-refractivity contribution is 7.92. The van der Waals surface area contributed by atoms with Crippen molar-refractivity contribution < 1.29 is 35.5 Å². The third-order valence-electron chi connectivity index (χ3n) is 3.88. The Kier molecular flexibility index (Phi) is 5.84. The molecule has 0 unspecified atom stereocenters. The second-order valence-corrected chi connectivity index (χ2v) is 7.81. The van der Waals surface area contributed by atoms with E-state index in [2.05, 4.69) is 9.71 Å². The van der Waals surface area contributed by atoms with E-state index in [9.17, 15) is 30.8 Å². The van der Waals surface area contributed by atoms with Crippen molar-refractivity contribution in [3.63, 3.8) is 0 Å². The van der Waals surface area contributed by atoms with E-state index in [0.717, 1.165) is 6.20 Å². The van der Waals surface area contributed by atoms with Crippen LogP contribution in [0.2, 0.25) is 0 Å². The van der Waals surface area contributed by atoms with Crippen molar-refractivity contribution in [1.29, 1.82) is 0 Å². The summed E-state index contributed by atoms with van der Waals surface area (Å²) in [5, 5.41) is 0. The number of nitrogens with zero attached hydrogens (tertiary/aromatic N) is 1. The van der Waals surface area contributed by atoms with Crippen LogP contribution in [0.3, 0.4) is 0 Å². The van der Waals surface area contributed by atoms with Crippen LogP contribution in [0.5, 0.6) is 11.6 Å². The van der Waals surface area contributed by atoms with Crippen molar-refractivity contribution in [2.24, 2.45) is 5.73 Å². The molecule has 7 nitrogen and oxygen atoms in total. The van der Waals surface area contributed by atoms with Crippen molar-refractivity contribution in [2.45, 2.75) is 11.1 Å². The van der Waals surface area contributed by atoms with Gasteiger partial charge in [-0.05, 0) is 42.5 Å². The van der Waals surface area contributed by atoms with Crippen molar-refractivity contribution in [2.75, 3.05) is 4.72 Å². The average molecular weight is 455 g/mol. The van der Waals surface area contributed by atoms with Gasteiger partial charge < -0.3 is 10.5 Å². The summed E-state index contributed by atoms with van der Waals surface area (Å²) in [6, 6.07) is 9.83. The number of benzene rings is 2. The maximum absolute atomic E-state index is 13.4. The molecule has 1 heterocycles. The van der Waals surface area contributed by atoms with Crippen LogP contribution in [0.4, 0.5) is 23.2 Å². The Morgan fingerprint density at radius 1 is 1.06 bits per heavy atom. The Morgan fingerprint density at radius 3 is 2.42 bits per heavy atom. The van der Waals surface area contributed by atoms with Crippen molar-refractivity contribution >= 4 is 21.6 Å². The van der Waals surface area contributed by atoms with E-state index in [4.69, 9.17) is 10.5 Å². The number of rotatable bonds is 6. The molecule has 0 saturated heterocycles. The lowest BCUT2D eigenvalue weighted by Gasteiger charge is -2.12. The van der Waals surface area contributed by atoms with Gasteiger partial charge in [-0.3, -0.25) is 9.52 Å². The second-order valence-electron chi connectivity index (χ2n) is 6.12. The number of sulfonamides is 1. The highest BCUT2D eigenvalue weighted by Crippen LogP contribution is 2.33. The lowest BCUT2D eigenvalue weighted by Crippen LogP contribution is -2.16. The molecule has 3 N–H and O–H groups in total. The van der Waals surface area contributed by atoms with Crippen LogP contribution in [-0.4, -0.2) is 19.3 Å². The van der Waals surface area contributed by atoms with Crippen molar-refractivity contribution in [3.8, 4) is 11.6 Å². The van der Waals surface area contributed by atoms with E-state index < -0.39 is 38.4 Å². The number of aromatic nitrogens is 1. The van der Waals surface area contributed by atoms with Crippen LogP contribution in [0.1, 0.15) is 15.9 Å². The molecule has 0 aliphatic rings. The van der Waals surface area contributed by atoms with E-state index in [0.29, 0.717) is 12.1 Å². The summed E-state index contributed by atoms with van der Waals surface area (Å²) in [7, 11) is -4.45. The molecule has 0 aliphatic heterocycles. The van der Waals surface area contributed by atoms with Crippen LogP contribution in [-0.2, 0) is 16.2 Å². The number of alkyl halides is 3. The first kappa shape index (κ1) is 22.0. The number of amides is 1. The summed E-state index contributed by atoms with van der Waals surface area (Å²) in [6.07, 6.45) is -3.99. The number of nitrogens with one attached hydrogen (secondary N) is 1. The molecule has 3 aromatic rings. The molecule has 12 heteroatoms. The molecule has 0 aliphatic carbocycles. The number of carbonyl (C=O) groups is 1. The molecule has 0 fully saturated rings.